The number of hydrogen-bond donors (Lipinski definition) is 1. The molecule has 0 aromatic heterocycles. The first kappa shape index (κ1) is 21.5. The predicted octanol–water partition coefficient (Wildman–Crippen LogP) is 5.85. The van der Waals surface area contributed by atoms with Gasteiger partial charge < -0.3 is 14.8 Å². The standard InChI is InChI=1S/C19H15Br3N2O3/c1-10-4-13(20)17(14(21)5-10)24-19(25)12(9-23)6-11-7-15(22)18(27-3)16(8-11)26-2/h4-8H,1-3H3,(H,24,25)/b12-6+. The number of amides is 1. The highest BCUT2D eigenvalue weighted by Gasteiger charge is 2.16. The number of nitrogens with zero attached hydrogens (tertiary/aromatic N) is 1. The summed E-state index contributed by atoms with van der Waals surface area (Å²) in [5.41, 5.74) is 2.15. The van der Waals surface area contributed by atoms with E-state index >= 15 is 0 Å². The molecule has 1 amide bonds. The molecule has 0 aliphatic heterocycles. The van der Waals surface area contributed by atoms with Gasteiger partial charge in [0.25, 0.3) is 5.91 Å². The van der Waals surface area contributed by atoms with Crippen LogP contribution >= 0.6 is 47.8 Å². The van der Waals surface area contributed by atoms with Crippen molar-refractivity contribution in [2.75, 3.05) is 19.5 Å². The molecule has 0 aliphatic rings. The maximum Gasteiger partial charge on any atom is 0.266 e. The second kappa shape index (κ2) is 9.40. The number of methoxy groups -OCH3 is 2. The molecule has 0 saturated heterocycles. The van der Waals surface area contributed by atoms with Gasteiger partial charge in [0, 0.05) is 8.95 Å². The molecule has 0 heterocycles. The van der Waals surface area contributed by atoms with Gasteiger partial charge in [-0.15, -0.1) is 0 Å². The van der Waals surface area contributed by atoms with Crippen molar-refractivity contribution < 1.29 is 14.3 Å². The summed E-state index contributed by atoms with van der Waals surface area (Å²) in [6.45, 7) is 1.94. The van der Waals surface area contributed by atoms with Crippen LogP contribution in [-0.4, -0.2) is 20.1 Å². The Kier molecular flexibility index (Phi) is 7.48. The van der Waals surface area contributed by atoms with Crippen LogP contribution in [0.4, 0.5) is 5.69 Å². The highest BCUT2D eigenvalue weighted by molar-refractivity contribution is 9.11. The molecule has 0 saturated carbocycles. The average Bonchev–Trinajstić information content (AvgIpc) is 2.61. The number of benzene rings is 2. The van der Waals surface area contributed by atoms with Crippen molar-refractivity contribution in [1.29, 1.82) is 5.26 Å². The Morgan fingerprint density at radius 2 is 1.70 bits per heavy atom. The zero-order chi connectivity index (χ0) is 20.1. The van der Waals surface area contributed by atoms with Crippen LogP contribution in [0, 0.1) is 18.3 Å². The number of ether oxygens (including phenoxy) is 2. The van der Waals surface area contributed by atoms with E-state index in [0.29, 0.717) is 36.2 Å². The molecule has 0 unspecified atom stereocenters. The van der Waals surface area contributed by atoms with E-state index < -0.39 is 5.91 Å². The first-order chi connectivity index (χ1) is 12.8. The number of hydrogen-bond acceptors (Lipinski definition) is 4. The summed E-state index contributed by atoms with van der Waals surface area (Å²) in [6.07, 6.45) is 1.48. The fraction of sp³-hybridized carbons (Fsp3) is 0.158. The van der Waals surface area contributed by atoms with E-state index in [1.807, 2.05) is 25.1 Å². The van der Waals surface area contributed by atoms with Crippen LogP contribution in [0.25, 0.3) is 6.08 Å². The largest absolute Gasteiger partial charge is 0.493 e. The summed E-state index contributed by atoms with van der Waals surface area (Å²) < 4.78 is 12.6. The second-order valence-corrected chi connectivity index (χ2v) is 8.03. The van der Waals surface area contributed by atoms with Gasteiger partial charge in [0.05, 0.1) is 24.4 Å². The van der Waals surface area contributed by atoms with Gasteiger partial charge in [-0.05, 0) is 96.2 Å². The van der Waals surface area contributed by atoms with Crippen molar-refractivity contribution in [3.63, 3.8) is 0 Å². The number of aryl methyl sites for hydroxylation is 1. The zero-order valence-electron chi connectivity index (χ0n) is 14.7. The minimum atomic E-state index is -0.520. The van der Waals surface area contributed by atoms with Gasteiger partial charge in [-0.2, -0.15) is 5.26 Å². The minimum absolute atomic E-state index is 0.0477. The molecule has 2 aromatic rings. The quantitative estimate of drug-likeness (QED) is 0.369. The van der Waals surface area contributed by atoms with Crippen LogP contribution < -0.4 is 14.8 Å². The Morgan fingerprint density at radius 3 is 2.22 bits per heavy atom. The van der Waals surface area contributed by atoms with Gasteiger partial charge >= 0.3 is 0 Å². The van der Waals surface area contributed by atoms with Gasteiger partial charge in [-0.25, -0.2) is 0 Å². The lowest BCUT2D eigenvalue weighted by Crippen LogP contribution is -2.14. The number of halogens is 3. The molecule has 1 N–H and O–H groups in total. The van der Waals surface area contributed by atoms with Crippen LogP contribution in [-0.2, 0) is 4.79 Å². The van der Waals surface area contributed by atoms with Gasteiger partial charge in [-0.3, -0.25) is 4.79 Å². The monoisotopic (exact) mass is 556 g/mol. The van der Waals surface area contributed by atoms with Gasteiger partial charge in [0.2, 0.25) is 0 Å². The summed E-state index contributed by atoms with van der Waals surface area (Å²) in [5.74, 6) is 0.499. The smallest absolute Gasteiger partial charge is 0.266 e. The predicted molar refractivity (Wildman–Crippen MR) is 116 cm³/mol. The van der Waals surface area contributed by atoms with Crippen molar-refractivity contribution in [3.05, 3.63) is 54.4 Å². The molecule has 0 spiro atoms. The maximum atomic E-state index is 12.6. The van der Waals surface area contributed by atoms with E-state index in [-0.39, 0.29) is 5.57 Å². The van der Waals surface area contributed by atoms with E-state index in [2.05, 4.69) is 53.1 Å². The van der Waals surface area contributed by atoms with E-state index in [4.69, 9.17) is 9.47 Å². The number of anilines is 1. The molecule has 0 fully saturated rings. The Labute approximate surface area is 182 Å². The molecule has 8 heteroatoms. The third-order valence-electron chi connectivity index (χ3n) is 3.56. The van der Waals surface area contributed by atoms with Gasteiger partial charge in [-0.1, -0.05) is 0 Å². The number of nitrogens with one attached hydrogen (secondary N) is 1. The van der Waals surface area contributed by atoms with Gasteiger partial charge in [0.15, 0.2) is 11.5 Å². The van der Waals surface area contributed by atoms with Crippen molar-refractivity contribution in [2.24, 2.45) is 0 Å². The molecule has 5 nitrogen and oxygen atoms in total. The summed E-state index contributed by atoms with van der Waals surface area (Å²) in [4.78, 5) is 12.6. The van der Waals surface area contributed by atoms with Crippen LogP contribution in [0.2, 0.25) is 0 Å². The topological polar surface area (TPSA) is 71.3 Å². The summed E-state index contributed by atoms with van der Waals surface area (Å²) in [7, 11) is 3.05. The number of rotatable bonds is 5. The highest BCUT2D eigenvalue weighted by atomic mass is 79.9. The SMILES string of the molecule is COc1cc(/C=C(\C#N)C(=O)Nc2c(Br)cc(C)cc2Br)cc(Br)c1OC. The molecule has 140 valence electrons. The maximum absolute atomic E-state index is 12.6. The lowest BCUT2D eigenvalue weighted by Gasteiger charge is -2.12. The average molecular weight is 559 g/mol. The van der Waals surface area contributed by atoms with Crippen molar-refractivity contribution in [2.45, 2.75) is 6.92 Å². The van der Waals surface area contributed by atoms with E-state index in [1.54, 1.807) is 12.1 Å². The third-order valence-corrected chi connectivity index (χ3v) is 5.40. The van der Waals surface area contributed by atoms with Gasteiger partial charge in [0.1, 0.15) is 11.6 Å². The molecule has 27 heavy (non-hydrogen) atoms. The van der Waals surface area contributed by atoms with Crippen LogP contribution in [0.15, 0.2) is 43.3 Å². The lowest BCUT2D eigenvalue weighted by molar-refractivity contribution is -0.112. The first-order valence-corrected chi connectivity index (χ1v) is 9.99. The first-order valence-electron chi connectivity index (χ1n) is 7.61. The molecule has 0 radical (unpaired) electrons. The highest BCUT2D eigenvalue weighted by Crippen LogP contribution is 2.37. The van der Waals surface area contributed by atoms with Crippen LogP contribution in [0.3, 0.4) is 0 Å². The molecular weight excluding hydrogens is 544 g/mol. The molecule has 2 rings (SSSR count). The number of carbonyl (C=O) groups excluding carboxylic acids is 1. The Bertz CT molecular complexity index is 942. The second-order valence-electron chi connectivity index (χ2n) is 5.47. The fourth-order valence-electron chi connectivity index (χ4n) is 2.34. The zero-order valence-corrected chi connectivity index (χ0v) is 19.5. The van der Waals surface area contributed by atoms with Crippen molar-refractivity contribution in [3.8, 4) is 17.6 Å². The molecule has 0 bridgehead atoms. The normalized spacial score (nSPS) is 10.9. The number of nitriles is 1. The molecule has 0 aliphatic carbocycles. The Hall–Kier alpha value is -1.82. The summed E-state index contributed by atoms with van der Waals surface area (Å²) in [5, 5.41) is 12.2. The lowest BCUT2D eigenvalue weighted by atomic mass is 10.1. The molecule has 0 atom stereocenters. The molecular formula is C19H15Br3N2O3. The minimum Gasteiger partial charge on any atom is -0.493 e. The summed E-state index contributed by atoms with van der Waals surface area (Å²) >= 11 is 10.2. The molecule has 2 aromatic carbocycles. The van der Waals surface area contributed by atoms with Crippen molar-refractivity contribution in [1.82, 2.24) is 0 Å². The van der Waals surface area contributed by atoms with E-state index in [1.165, 1.54) is 20.3 Å². The van der Waals surface area contributed by atoms with Crippen LogP contribution in [0.1, 0.15) is 11.1 Å². The fourth-order valence-corrected chi connectivity index (χ4v) is 4.57. The third kappa shape index (κ3) is 5.12. The van der Waals surface area contributed by atoms with E-state index in [0.717, 1.165) is 5.56 Å². The summed E-state index contributed by atoms with van der Waals surface area (Å²) in [6, 6.07) is 9.12. The Morgan fingerprint density at radius 1 is 1.07 bits per heavy atom. The van der Waals surface area contributed by atoms with E-state index in [9.17, 15) is 10.1 Å². The Balaban J connectivity index is 2.38. The number of carbonyl (C=O) groups is 1. The van der Waals surface area contributed by atoms with Crippen LogP contribution in [0.5, 0.6) is 11.5 Å². The van der Waals surface area contributed by atoms with Crippen molar-refractivity contribution >= 4 is 65.5 Å².